The molecule has 2 aromatic carbocycles. The van der Waals surface area contributed by atoms with E-state index in [4.69, 9.17) is 4.52 Å². The van der Waals surface area contributed by atoms with Gasteiger partial charge in [0.25, 0.3) is 11.6 Å². The molecule has 3 aromatic rings. The number of carbonyl (C=O) groups excluding carboxylic acids is 2. The van der Waals surface area contributed by atoms with Crippen LogP contribution in [0.5, 0.6) is 0 Å². The first-order valence-electron chi connectivity index (χ1n) is 8.88. The summed E-state index contributed by atoms with van der Waals surface area (Å²) in [5.74, 6) is -4.13. The van der Waals surface area contributed by atoms with Crippen molar-refractivity contribution in [3.05, 3.63) is 75.2 Å². The maximum atomic E-state index is 13.6. The van der Waals surface area contributed by atoms with Gasteiger partial charge in [-0.3, -0.25) is 19.7 Å². The first kappa shape index (κ1) is 21.5. The molecule has 2 amide bonds. The summed E-state index contributed by atoms with van der Waals surface area (Å²) in [5, 5.41) is 19.4. The SMILES string of the molecule is Cc1c(-c2noc(C(=O)NCCNC(=O)c3c(F)cccc3F)n2)cccc1[N+](=O)[O-]. The Morgan fingerprint density at radius 2 is 1.68 bits per heavy atom. The van der Waals surface area contributed by atoms with Crippen molar-refractivity contribution in [1.29, 1.82) is 0 Å². The number of nitro groups is 1. The van der Waals surface area contributed by atoms with Gasteiger partial charge in [-0.05, 0) is 19.1 Å². The average Bonchev–Trinajstić information content (AvgIpc) is 3.21. The highest BCUT2D eigenvalue weighted by Crippen LogP contribution is 2.27. The summed E-state index contributed by atoms with van der Waals surface area (Å²) >= 11 is 0. The molecule has 0 atom stereocenters. The van der Waals surface area contributed by atoms with Crippen molar-refractivity contribution in [2.24, 2.45) is 0 Å². The Hall–Kier alpha value is -4.22. The normalized spacial score (nSPS) is 10.5. The molecule has 2 N–H and O–H groups in total. The maximum absolute atomic E-state index is 13.6. The van der Waals surface area contributed by atoms with Crippen molar-refractivity contribution < 1.29 is 27.8 Å². The second kappa shape index (κ2) is 9.07. The lowest BCUT2D eigenvalue weighted by Crippen LogP contribution is -2.35. The number of hydrogen-bond acceptors (Lipinski definition) is 7. The van der Waals surface area contributed by atoms with Crippen molar-refractivity contribution in [1.82, 2.24) is 20.8 Å². The number of nitrogens with zero attached hydrogens (tertiary/aromatic N) is 3. The lowest BCUT2D eigenvalue weighted by Gasteiger charge is -2.07. The summed E-state index contributed by atoms with van der Waals surface area (Å²) in [4.78, 5) is 38.4. The number of halogens is 2. The van der Waals surface area contributed by atoms with Crippen LogP contribution in [0.4, 0.5) is 14.5 Å². The Balaban J connectivity index is 1.58. The van der Waals surface area contributed by atoms with E-state index in [0.29, 0.717) is 11.1 Å². The summed E-state index contributed by atoms with van der Waals surface area (Å²) < 4.78 is 32.0. The molecule has 0 fully saturated rings. The van der Waals surface area contributed by atoms with Gasteiger partial charge < -0.3 is 15.2 Å². The van der Waals surface area contributed by atoms with E-state index < -0.39 is 39.8 Å². The van der Waals surface area contributed by atoms with Gasteiger partial charge in [-0.1, -0.05) is 23.4 Å². The van der Waals surface area contributed by atoms with Gasteiger partial charge in [0.05, 0.1) is 4.92 Å². The molecule has 160 valence electrons. The molecule has 1 aromatic heterocycles. The molecule has 3 rings (SSSR count). The fourth-order valence-corrected chi connectivity index (χ4v) is 2.72. The molecule has 31 heavy (non-hydrogen) atoms. The lowest BCUT2D eigenvalue weighted by atomic mass is 10.1. The number of aromatic nitrogens is 2. The zero-order valence-corrected chi connectivity index (χ0v) is 16.0. The second-order valence-corrected chi connectivity index (χ2v) is 6.24. The Morgan fingerprint density at radius 1 is 1.06 bits per heavy atom. The van der Waals surface area contributed by atoms with Gasteiger partial charge >= 0.3 is 11.8 Å². The summed E-state index contributed by atoms with van der Waals surface area (Å²) in [6, 6.07) is 7.37. The maximum Gasteiger partial charge on any atom is 0.316 e. The fraction of sp³-hybridized carbons (Fsp3) is 0.158. The van der Waals surface area contributed by atoms with Crippen LogP contribution in [0.15, 0.2) is 40.9 Å². The highest BCUT2D eigenvalue weighted by molar-refractivity contribution is 5.94. The average molecular weight is 431 g/mol. The first-order chi connectivity index (χ1) is 14.8. The molecule has 0 saturated carbocycles. The van der Waals surface area contributed by atoms with E-state index >= 15 is 0 Å². The van der Waals surface area contributed by atoms with Gasteiger partial charge in [-0.15, -0.1) is 0 Å². The van der Waals surface area contributed by atoms with E-state index in [2.05, 4.69) is 20.8 Å². The topological polar surface area (TPSA) is 140 Å². The largest absolute Gasteiger partial charge is 0.350 e. The molecule has 0 spiro atoms. The fourth-order valence-electron chi connectivity index (χ4n) is 2.72. The molecule has 0 aliphatic heterocycles. The van der Waals surface area contributed by atoms with Crippen LogP contribution < -0.4 is 10.6 Å². The molecule has 10 nitrogen and oxygen atoms in total. The molecule has 0 saturated heterocycles. The van der Waals surface area contributed by atoms with Gasteiger partial charge in [0.15, 0.2) is 0 Å². The Labute approximate surface area is 173 Å². The summed E-state index contributed by atoms with van der Waals surface area (Å²) in [6.07, 6.45) is 0. The number of nitro benzene ring substituents is 1. The van der Waals surface area contributed by atoms with Crippen molar-refractivity contribution in [3.8, 4) is 11.4 Å². The van der Waals surface area contributed by atoms with E-state index in [0.717, 1.165) is 18.2 Å². The number of hydrogen-bond donors (Lipinski definition) is 2. The van der Waals surface area contributed by atoms with Crippen LogP contribution in [-0.4, -0.2) is 40.0 Å². The molecule has 0 aliphatic carbocycles. The Kier molecular flexibility index (Phi) is 6.29. The smallest absolute Gasteiger partial charge is 0.316 e. The monoisotopic (exact) mass is 431 g/mol. The predicted molar refractivity (Wildman–Crippen MR) is 102 cm³/mol. The van der Waals surface area contributed by atoms with E-state index in [1.165, 1.54) is 19.1 Å². The second-order valence-electron chi connectivity index (χ2n) is 6.24. The molecule has 0 bridgehead atoms. The van der Waals surface area contributed by atoms with Gasteiger partial charge in [0.1, 0.15) is 17.2 Å². The number of nitrogens with one attached hydrogen (secondary N) is 2. The number of benzene rings is 2. The van der Waals surface area contributed by atoms with Crippen molar-refractivity contribution >= 4 is 17.5 Å². The number of amides is 2. The molecule has 0 unspecified atom stereocenters. The van der Waals surface area contributed by atoms with Crippen LogP contribution in [0, 0.1) is 28.7 Å². The van der Waals surface area contributed by atoms with Gasteiger partial charge in [0.2, 0.25) is 5.82 Å². The van der Waals surface area contributed by atoms with Crippen LogP contribution in [-0.2, 0) is 0 Å². The van der Waals surface area contributed by atoms with Crippen LogP contribution in [0.2, 0.25) is 0 Å². The van der Waals surface area contributed by atoms with Crippen LogP contribution in [0.3, 0.4) is 0 Å². The van der Waals surface area contributed by atoms with E-state index in [-0.39, 0.29) is 24.6 Å². The van der Waals surface area contributed by atoms with Crippen molar-refractivity contribution in [3.63, 3.8) is 0 Å². The molecular formula is C19H15F2N5O5. The minimum absolute atomic E-state index is 0.00493. The zero-order chi connectivity index (χ0) is 22.5. The van der Waals surface area contributed by atoms with Gasteiger partial charge in [-0.2, -0.15) is 4.98 Å². The summed E-state index contributed by atoms with van der Waals surface area (Å²) in [5.41, 5.74) is -0.211. The van der Waals surface area contributed by atoms with E-state index in [1.54, 1.807) is 6.07 Å². The summed E-state index contributed by atoms with van der Waals surface area (Å²) in [7, 11) is 0. The predicted octanol–water partition coefficient (Wildman–Crippen LogP) is 2.39. The third-order valence-corrected chi connectivity index (χ3v) is 4.25. The number of carbonyl (C=O) groups is 2. The van der Waals surface area contributed by atoms with Crippen LogP contribution in [0.25, 0.3) is 11.4 Å². The number of rotatable bonds is 7. The minimum Gasteiger partial charge on any atom is -0.350 e. The first-order valence-corrected chi connectivity index (χ1v) is 8.88. The van der Waals surface area contributed by atoms with Crippen molar-refractivity contribution in [2.45, 2.75) is 6.92 Å². The molecule has 0 aliphatic rings. The molecule has 12 heteroatoms. The Bertz CT molecular complexity index is 1140. The van der Waals surface area contributed by atoms with E-state index in [9.17, 15) is 28.5 Å². The van der Waals surface area contributed by atoms with Crippen LogP contribution in [0.1, 0.15) is 26.6 Å². The molecule has 0 radical (unpaired) electrons. The third kappa shape index (κ3) is 4.69. The van der Waals surface area contributed by atoms with Crippen molar-refractivity contribution in [2.75, 3.05) is 13.1 Å². The third-order valence-electron chi connectivity index (χ3n) is 4.25. The van der Waals surface area contributed by atoms with E-state index in [1.807, 2.05) is 0 Å². The Morgan fingerprint density at radius 3 is 2.32 bits per heavy atom. The standard InChI is InChI=1S/C19H15F2N5O5/c1-10-11(4-2-7-14(10)26(29)30)16-24-19(31-25-16)18(28)23-9-8-22-17(27)15-12(20)5-3-6-13(15)21/h2-7H,8-9H2,1H3,(H,22,27)(H,23,28). The lowest BCUT2D eigenvalue weighted by molar-refractivity contribution is -0.385. The van der Waals surface area contributed by atoms with Gasteiger partial charge in [0, 0.05) is 30.3 Å². The summed E-state index contributed by atoms with van der Waals surface area (Å²) in [6.45, 7) is 1.31. The van der Waals surface area contributed by atoms with Crippen LogP contribution >= 0.6 is 0 Å². The molecular weight excluding hydrogens is 416 g/mol. The quantitative estimate of drug-likeness (QED) is 0.332. The zero-order valence-electron chi connectivity index (χ0n) is 16.0. The minimum atomic E-state index is -1.00. The highest BCUT2D eigenvalue weighted by Gasteiger charge is 2.21. The highest BCUT2D eigenvalue weighted by atomic mass is 19.1. The van der Waals surface area contributed by atoms with Gasteiger partial charge in [-0.25, -0.2) is 8.78 Å². The molecule has 1 heterocycles.